The summed E-state index contributed by atoms with van der Waals surface area (Å²) in [6.45, 7) is 5.91. The molecular weight excluding hydrogens is 574 g/mol. The van der Waals surface area contributed by atoms with Gasteiger partial charge < -0.3 is 15.0 Å². The number of carbonyl (C=O) groups excluding carboxylic acids is 2. The van der Waals surface area contributed by atoms with Crippen molar-refractivity contribution in [2.45, 2.75) is 51.1 Å². The first-order chi connectivity index (χ1) is 21.2. The van der Waals surface area contributed by atoms with Crippen LogP contribution in [-0.4, -0.2) is 44.3 Å². The molecule has 0 heterocycles. The molecule has 0 aliphatic rings. The van der Waals surface area contributed by atoms with Crippen molar-refractivity contribution in [3.05, 3.63) is 120 Å². The van der Waals surface area contributed by atoms with Crippen molar-refractivity contribution in [2.75, 3.05) is 17.4 Å². The molecule has 4 aromatic rings. The summed E-state index contributed by atoms with van der Waals surface area (Å²) in [6, 6.07) is 30.7. The summed E-state index contributed by atoms with van der Waals surface area (Å²) in [5.41, 5.74) is 2.20. The van der Waals surface area contributed by atoms with E-state index < -0.39 is 28.5 Å². The van der Waals surface area contributed by atoms with E-state index in [0.717, 1.165) is 21.9 Å². The molecule has 0 aromatic heterocycles. The van der Waals surface area contributed by atoms with E-state index in [2.05, 4.69) is 5.32 Å². The van der Waals surface area contributed by atoms with Gasteiger partial charge >= 0.3 is 0 Å². The van der Waals surface area contributed by atoms with Gasteiger partial charge in [-0.05, 0) is 73.9 Å². The summed E-state index contributed by atoms with van der Waals surface area (Å²) in [5, 5.41) is 2.90. The first-order valence-corrected chi connectivity index (χ1v) is 16.2. The molecule has 0 unspecified atom stereocenters. The van der Waals surface area contributed by atoms with Gasteiger partial charge in [-0.2, -0.15) is 0 Å². The maximum Gasteiger partial charge on any atom is 0.264 e. The lowest BCUT2D eigenvalue weighted by molar-refractivity contribution is -0.140. The molecular formula is C35H39N3O5S. The third kappa shape index (κ3) is 8.26. The topological polar surface area (TPSA) is 96.0 Å². The van der Waals surface area contributed by atoms with Crippen LogP contribution in [-0.2, 0) is 26.2 Å². The molecule has 4 aromatic carbocycles. The molecule has 44 heavy (non-hydrogen) atoms. The van der Waals surface area contributed by atoms with Crippen LogP contribution in [0.4, 0.5) is 5.69 Å². The van der Waals surface area contributed by atoms with Crippen LogP contribution in [0.1, 0.15) is 37.8 Å². The zero-order chi connectivity index (χ0) is 31.5. The predicted octanol–water partition coefficient (Wildman–Crippen LogP) is 6.32. The van der Waals surface area contributed by atoms with E-state index in [0.29, 0.717) is 30.2 Å². The summed E-state index contributed by atoms with van der Waals surface area (Å²) >= 11 is 0. The number of nitrogens with zero attached hydrogens (tertiary/aromatic N) is 2. The Balaban J connectivity index is 1.70. The minimum Gasteiger partial charge on any atom is -0.457 e. The van der Waals surface area contributed by atoms with Gasteiger partial charge in [0.1, 0.15) is 24.1 Å². The summed E-state index contributed by atoms with van der Waals surface area (Å²) in [5.74, 6) is 0.397. The quantitative estimate of drug-likeness (QED) is 0.180. The van der Waals surface area contributed by atoms with E-state index in [1.54, 1.807) is 42.5 Å². The van der Waals surface area contributed by atoms with Crippen molar-refractivity contribution in [3.8, 4) is 11.5 Å². The van der Waals surface area contributed by atoms with Crippen molar-refractivity contribution >= 4 is 27.5 Å². The van der Waals surface area contributed by atoms with E-state index in [-0.39, 0.29) is 17.3 Å². The fourth-order valence-electron chi connectivity index (χ4n) is 4.73. The van der Waals surface area contributed by atoms with Crippen molar-refractivity contribution in [1.29, 1.82) is 0 Å². The molecule has 8 nitrogen and oxygen atoms in total. The maximum absolute atomic E-state index is 14.2. The third-order valence-corrected chi connectivity index (χ3v) is 8.91. The molecule has 1 N–H and O–H groups in total. The van der Waals surface area contributed by atoms with Gasteiger partial charge in [-0.3, -0.25) is 13.9 Å². The van der Waals surface area contributed by atoms with Gasteiger partial charge in [0.05, 0.1) is 10.6 Å². The van der Waals surface area contributed by atoms with Gasteiger partial charge in [-0.25, -0.2) is 8.42 Å². The monoisotopic (exact) mass is 613 g/mol. The first-order valence-electron chi connectivity index (χ1n) is 14.8. The number of para-hydroxylation sites is 1. The molecule has 0 saturated carbocycles. The molecule has 4 rings (SSSR count). The molecule has 0 aliphatic heterocycles. The highest BCUT2D eigenvalue weighted by atomic mass is 32.2. The number of benzene rings is 4. The number of sulfonamides is 1. The Kier molecular flexibility index (Phi) is 11.2. The lowest BCUT2D eigenvalue weighted by atomic mass is 10.1. The molecule has 0 spiro atoms. The van der Waals surface area contributed by atoms with Crippen LogP contribution in [0.3, 0.4) is 0 Å². The average Bonchev–Trinajstić information content (AvgIpc) is 3.04. The average molecular weight is 614 g/mol. The van der Waals surface area contributed by atoms with Crippen LogP contribution in [0.5, 0.6) is 11.5 Å². The number of hydrogen-bond acceptors (Lipinski definition) is 5. The zero-order valence-electron chi connectivity index (χ0n) is 25.3. The Morgan fingerprint density at radius 2 is 1.39 bits per heavy atom. The van der Waals surface area contributed by atoms with Gasteiger partial charge in [0.2, 0.25) is 11.8 Å². The second-order valence-electron chi connectivity index (χ2n) is 10.5. The van der Waals surface area contributed by atoms with Gasteiger partial charge in [0.25, 0.3) is 10.0 Å². The second-order valence-corrected chi connectivity index (χ2v) is 12.3. The first kappa shape index (κ1) is 32.3. The Morgan fingerprint density at radius 1 is 0.795 bits per heavy atom. The number of carbonyl (C=O) groups is 2. The fraction of sp³-hybridized carbons (Fsp3) is 0.257. The SMILES string of the molecule is CCCNC(=O)[C@H](CC)N(Cc1ccc(C)cc1)C(=O)CN(c1ccc(Oc2ccccc2)cc1)S(=O)(=O)c1ccccc1. The normalized spacial score (nSPS) is 11.8. The van der Waals surface area contributed by atoms with Gasteiger partial charge in [0.15, 0.2) is 0 Å². The number of aryl methyl sites for hydroxylation is 1. The van der Waals surface area contributed by atoms with Crippen LogP contribution in [0.2, 0.25) is 0 Å². The van der Waals surface area contributed by atoms with E-state index in [1.165, 1.54) is 17.0 Å². The molecule has 0 fully saturated rings. The van der Waals surface area contributed by atoms with Crippen LogP contribution < -0.4 is 14.4 Å². The number of hydrogen-bond donors (Lipinski definition) is 1. The van der Waals surface area contributed by atoms with Crippen LogP contribution in [0, 0.1) is 6.92 Å². The molecule has 9 heteroatoms. The third-order valence-electron chi connectivity index (χ3n) is 7.12. The van der Waals surface area contributed by atoms with Crippen molar-refractivity contribution < 1.29 is 22.7 Å². The summed E-state index contributed by atoms with van der Waals surface area (Å²) < 4.78 is 35.0. The highest BCUT2D eigenvalue weighted by Gasteiger charge is 2.33. The molecule has 2 amide bonds. The maximum atomic E-state index is 14.2. The number of ether oxygens (including phenoxy) is 1. The molecule has 230 valence electrons. The highest BCUT2D eigenvalue weighted by Crippen LogP contribution is 2.28. The standard InChI is InChI=1S/C35H39N3O5S/c1-4-24-36-35(40)33(5-2)37(25-28-18-16-27(3)17-19-28)34(39)26-38(44(41,42)32-14-10-7-11-15-32)29-20-22-31(23-21-29)43-30-12-8-6-9-13-30/h6-23,33H,4-5,24-26H2,1-3H3,(H,36,40)/t33-/m0/s1. The Morgan fingerprint density at radius 3 is 1.98 bits per heavy atom. The minimum absolute atomic E-state index is 0.0511. The zero-order valence-corrected chi connectivity index (χ0v) is 26.2. The van der Waals surface area contributed by atoms with Crippen molar-refractivity contribution in [1.82, 2.24) is 10.2 Å². The molecule has 0 radical (unpaired) electrons. The van der Waals surface area contributed by atoms with Crippen molar-refractivity contribution in [2.24, 2.45) is 0 Å². The second kappa shape index (κ2) is 15.2. The van der Waals surface area contributed by atoms with E-state index >= 15 is 0 Å². The molecule has 0 saturated heterocycles. The summed E-state index contributed by atoms with van der Waals surface area (Å²) in [6.07, 6.45) is 1.12. The Labute approximate surface area is 260 Å². The fourth-order valence-corrected chi connectivity index (χ4v) is 6.16. The van der Waals surface area contributed by atoms with Crippen LogP contribution >= 0.6 is 0 Å². The van der Waals surface area contributed by atoms with Crippen molar-refractivity contribution in [3.63, 3.8) is 0 Å². The van der Waals surface area contributed by atoms with E-state index in [4.69, 9.17) is 4.74 Å². The summed E-state index contributed by atoms with van der Waals surface area (Å²) in [7, 11) is -4.16. The lowest BCUT2D eigenvalue weighted by Crippen LogP contribution is -2.52. The molecule has 1 atom stereocenters. The highest BCUT2D eigenvalue weighted by molar-refractivity contribution is 7.92. The Bertz CT molecular complexity index is 1610. The number of rotatable bonds is 14. The minimum atomic E-state index is -4.16. The predicted molar refractivity (Wildman–Crippen MR) is 173 cm³/mol. The number of amides is 2. The van der Waals surface area contributed by atoms with Crippen LogP contribution in [0.15, 0.2) is 114 Å². The number of anilines is 1. The summed E-state index contributed by atoms with van der Waals surface area (Å²) in [4.78, 5) is 28.9. The smallest absolute Gasteiger partial charge is 0.264 e. The van der Waals surface area contributed by atoms with E-state index in [1.807, 2.05) is 75.4 Å². The van der Waals surface area contributed by atoms with Crippen LogP contribution in [0.25, 0.3) is 0 Å². The van der Waals surface area contributed by atoms with Gasteiger partial charge in [0, 0.05) is 13.1 Å². The number of nitrogens with one attached hydrogen (secondary N) is 1. The van der Waals surface area contributed by atoms with Gasteiger partial charge in [-0.15, -0.1) is 0 Å². The van der Waals surface area contributed by atoms with Gasteiger partial charge in [-0.1, -0.05) is 80.1 Å². The van der Waals surface area contributed by atoms with E-state index in [9.17, 15) is 18.0 Å². The Hall–Kier alpha value is -4.63. The largest absolute Gasteiger partial charge is 0.457 e. The molecule has 0 aliphatic carbocycles. The molecule has 0 bridgehead atoms. The lowest BCUT2D eigenvalue weighted by Gasteiger charge is -2.33.